The number of benzene rings is 1. The highest BCUT2D eigenvalue weighted by Crippen LogP contribution is 2.38. The van der Waals surface area contributed by atoms with Crippen LogP contribution in [0.3, 0.4) is 0 Å². The second-order valence-electron chi connectivity index (χ2n) is 4.81. The molecular weight excluding hydrogens is 246 g/mol. The van der Waals surface area contributed by atoms with E-state index < -0.39 is 5.97 Å². The molecule has 0 atom stereocenters. The summed E-state index contributed by atoms with van der Waals surface area (Å²) in [5.41, 5.74) is 0.956. The third kappa shape index (κ3) is 2.59. The molecule has 1 saturated carbocycles. The van der Waals surface area contributed by atoms with Crippen molar-refractivity contribution in [1.82, 2.24) is 0 Å². The second kappa shape index (κ2) is 5.38. The molecule has 0 unspecified atom stereocenters. The first-order chi connectivity index (χ1) is 9.06. The third-order valence-corrected chi connectivity index (χ3v) is 3.78. The van der Waals surface area contributed by atoms with E-state index in [1.807, 2.05) is 25.2 Å². The molecule has 0 heterocycles. The first-order valence-electron chi connectivity index (χ1n) is 6.24. The number of methoxy groups -OCH3 is 2. The predicted octanol–water partition coefficient (Wildman–Crippen LogP) is 2.00. The summed E-state index contributed by atoms with van der Waals surface area (Å²) in [7, 11) is 5.20. The molecular formula is C14H19NO4. The molecule has 1 aromatic rings. The van der Waals surface area contributed by atoms with Crippen molar-refractivity contribution in [2.24, 2.45) is 5.92 Å². The molecule has 5 nitrogen and oxygen atoms in total. The zero-order valence-electron chi connectivity index (χ0n) is 11.4. The Morgan fingerprint density at radius 1 is 1.32 bits per heavy atom. The Balaban J connectivity index is 2.11. The van der Waals surface area contributed by atoms with Gasteiger partial charge in [0.15, 0.2) is 0 Å². The highest BCUT2D eigenvalue weighted by molar-refractivity contribution is 5.72. The van der Waals surface area contributed by atoms with Gasteiger partial charge in [0.05, 0.1) is 25.8 Å². The van der Waals surface area contributed by atoms with E-state index in [1.54, 1.807) is 14.2 Å². The van der Waals surface area contributed by atoms with Gasteiger partial charge in [-0.2, -0.15) is 0 Å². The molecule has 5 heteroatoms. The van der Waals surface area contributed by atoms with E-state index in [4.69, 9.17) is 14.6 Å². The van der Waals surface area contributed by atoms with E-state index in [2.05, 4.69) is 4.90 Å². The highest BCUT2D eigenvalue weighted by Gasteiger charge is 2.37. The van der Waals surface area contributed by atoms with Crippen LogP contribution in [0.1, 0.15) is 12.8 Å². The van der Waals surface area contributed by atoms with Crippen molar-refractivity contribution in [2.45, 2.75) is 18.9 Å². The monoisotopic (exact) mass is 265 g/mol. The van der Waals surface area contributed by atoms with E-state index in [9.17, 15) is 4.79 Å². The van der Waals surface area contributed by atoms with Gasteiger partial charge < -0.3 is 19.5 Å². The van der Waals surface area contributed by atoms with Crippen LogP contribution in [0.5, 0.6) is 11.5 Å². The summed E-state index contributed by atoms with van der Waals surface area (Å²) < 4.78 is 10.5. The first kappa shape index (κ1) is 13.5. The third-order valence-electron chi connectivity index (χ3n) is 3.78. The Hall–Kier alpha value is -1.91. The quantitative estimate of drug-likeness (QED) is 0.882. The fourth-order valence-corrected chi connectivity index (χ4v) is 2.38. The van der Waals surface area contributed by atoms with Gasteiger partial charge in [-0.05, 0) is 25.0 Å². The normalized spacial score (nSPS) is 21.4. The minimum absolute atomic E-state index is 0.211. The topological polar surface area (TPSA) is 59.0 Å². The second-order valence-corrected chi connectivity index (χ2v) is 4.81. The van der Waals surface area contributed by atoms with Gasteiger partial charge in [0.1, 0.15) is 11.5 Å². The standard InChI is InChI=1S/C14H19NO4/c1-15(10-6-9(7-10)14(16)17)12-5-4-11(18-2)8-13(12)19-3/h4-5,8-10H,6-7H2,1-3H3,(H,16,17). The van der Waals surface area contributed by atoms with E-state index in [0.29, 0.717) is 12.8 Å². The lowest BCUT2D eigenvalue weighted by Crippen LogP contribution is -2.45. The number of aliphatic carboxylic acids is 1. The van der Waals surface area contributed by atoms with Crippen LogP contribution in [-0.4, -0.2) is 38.4 Å². The first-order valence-corrected chi connectivity index (χ1v) is 6.24. The van der Waals surface area contributed by atoms with E-state index in [0.717, 1.165) is 17.2 Å². The molecule has 0 spiro atoms. The Morgan fingerprint density at radius 2 is 2.00 bits per heavy atom. The molecule has 1 fully saturated rings. The maximum Gasteiger partial charge on any atom is 0.306 e. The van der Waals surface area contributed by atoms with Crippen LogP contribution >= 0.6 is 0 Å². The van der Waals surface area contributed by atoms with Crippen molar-refractivity contribution in [3.05, 3.63) is 18.2 Å². The van der Waals surface area contributed by atoms with Crippen LogP contribution in [0.25, 0.3) is 0 Å². The molecule has 1 aromatic carbocycles. The molecule has 0 amide bonds. The number of carboxylic acids is 1. The fraction of sp³-hybridized carbons (Fsp3) is 0.500. The number of anilines is 1. The fourth-order valence-electron chi connectivity index (χ4n) is 2.38. The highest BCUT2D eigenvalue weighted by atomic mass is 16.5. The van der Waals surface area contributed by atoms with Gasteiger partial charge in [-0.25, -0.2) is 0 Å². The summed E-state index contributed by atoms with van der Waals surface area (Å²) in [5.74, 6) is 0.565. The summed E-state index contributed by atoms with van der Waals surface area (Å²) in [6.45, 7) is 0. The number of hydrogen-bond acceptors (Lipinski definition) is 4. The Kier molecular flexibility index (Phi) is 3.83. The summed E-state index contributed by atoms with van der Waals surface area (Å²) in [5, 5.41) is 8.91. The van der Waals surface area contributed by atoms with Crippen molar-refractivity contribution < 1.29 is 19.4 Å². The average molecular weight is 265 g/mol. The number of hydrogen-bond donors (Lipinski definition) is 1. The molecule has 0 aliphatic heterocycles. The van der Waals surface area contributed by atoms with Crippen LogP contribution in [0.15, 0.2) is 18.2 Å². The maximum atomic E-state index is 10.8. The lowest BCUT2D eigenvalue weighted by Gasteiger charge is -2.40. The van der Waals surface area contributed by atoms with Gasteiger partial charge in [-0.15, -0.1) is 0 Å². The van der Waals surface area contributed by atoms with Crippen LogP contribution in [0.2, 0.25) is 0 Å². The molecule has 1 aliphatic rings. The van der Waals surface area contributed by atoms with Crippen LogP contribution in [0.4, 0.5) is 5.69 Å². The van der Waals surface area contributed by atoms with Gasteiger partial charge in [0, 0.05) is 19.2 Å². The van der Waals surface area contributed by atoms with Gasteiger partial charge in [-0.3, -0.25) is 4.79 Å². The van der Waals surface area contributed by atoms with Crippen molar-refractivity contribution in [3.63, 3.8) is 0 Å². The van der Waals surface area contributed by atoms with Crippen LogP contribution < -0.4 is 14.4 Å². The zero-order chi connectivity index (χ0) is 14.0. The number of rotatable bonds is 5. The summed E-state index contributed by atoms with van der Waals surface area (Å²) in [4.78, 5) is 12.9. The van der Waals surface area contributed by atoms with E-state index in [-0.39, 0.29) is 12.0 Å². The van der Waals surface area contributed by atoms with Gasteiger partial charge >= 0.3 is 5.97 Å². The zero-order valence-corrected chi connectivity index (χ0v) is 11.4. The average Bonchev–Trinajstić information content (AvgIpc) is 2.35. The number of nitrogens with zero attached hydrogens (tertiary/aromatic N) is 1. The molecule has 1 N–H and O–H groups in total. The van der Waals surface area contributed by atoms with Crippen LogP contribution in [-0.2, 0) is 4.79 Å². The van der Waals surface area contributed by atoms with Crippen molar-refractivity contribution in [2.75, 3.05) is 26.2 Å². The van der Waals surface area contributed by atoms with Gasteiger partial charge in [0.25, 0.3) is 0 Å². The van der Waals surface area contributed by atoms with Crippen molar-refractivity contribution in [1.29, 1.82) is 0 Å². The number of ether oxygens (including phenoxy) is 2. The van der Waals surface area contributed by atoms with Crippen molar-refractivity contribution >= 4 is 11.7 Å². The summed E-state index contributed by atoms with van der Waals surface area (Å²) >= 11 is 0. The van der Waals surface area contributed by atoms with Crippen LogP contribution in [0, 0.1) is 5.92 Å². The number of carbonyl (C=O) groups is 1. The molecule has 0 aromatic heterocycles. The largest absolute Gasteiger partial charge is 0.497 e. The van der Waals surface area contributed by atoms with E-state index >= 15 is 0 Å². The predicted molar refractivity (Wildman–Crippen MR) is 72.1 cm³/mol. The molecule has 2 rings (SSSR count). The molecule has 0 radical (unpaired) electrons. The minimum Gasteiger partial charge on any atom is -0.497 e. The lowest BCUT2D eigenvalue weighted by atomic mass is 9.79. The molecule has 104 valence electrons. The van der Waals surface area contributed by atoms with Gasteiger partial charge in [-0.1, -0.05) is 0 Å². The minimum atomic E-state index is -0.702. The van der Waals surface area contributed by atoms with Crippen molar-refractivity contribution in [3.8, 4) is 11.5 Å². The summed E-state index contributed by atoms with van der Waals surface area (Å²) in [6, 6.07) is 5.90. The Morgan fingerprint density at radius 3 is 2.53 bits per heavy atom. The number of carboxylic acid groups (broad SMARTS) is 1. The molecule has 0 saturated heterocycles. The molecule has 19 heavy (non-hydrogen) atoms. The maximum absolute atomic E-state index is 10.8. The Labute approximate surface area is 112 Å². The SMILES string of the molecule is COc1ccc(N(C)C2CC(C(=O)O)C2)c(OC)c1. The smallest absolute Gasteiger partial charge is 0.306 e. The lowest BCUT2D eigenvalue weighted by molar-refractivity contribution is -0.145. The molecule has 1 aliphatic carbocycles. The Bertz CT molecular complexity index is 469. The summed E-state index contributed by atoms with van der Waals surface area (Å²) in [6.07, 6.45) is 1.36. The van der Waals surface area contributed by atoms with E-state index in [1.165, 1.54) is 0 Å². The van der Waals surface area contributed by atoms with Gasteiger partial charge in [0.2, 0.25) is 0 Å². The molecule has 0 bridgehead atoms.